The van der Waals surface area contributed by atoms with Gasteiger partial charge in [-0.25, -0.2) is 9.37 Å². The molecule has 0 atom stereocenters. The number of amides is 1. The summed E-state index contributed by atoms with van der Waals surface area (Å²) in [5, 5.41) is 8.96. The zero-order valence-electron chi connectivity index (χ0n) is 15.8. The fourth-order valence-corrected chi connectivity index (χ4v) is 4.57. The van der Waals surface area contributed by atoms with Crippen LogP contribution in [0, 0.1) is 12.7 Å². The van der Waals surface area contributed by atoms with Crippen LogP contribution in [0.1, 0.15) is 40.3 Å². The van der Waals surface area contributed by atoms with E-state index in [1.54, 1.807) is 18.5 Å². The predicted octanol–water partition coefficient (Wildman–Crippen LogP) is 3.45. The maximum Gasteiger partial charge on any atom is 0.293 e. The number of halogens is 1. The van der Waals surface area contributed by atoms with E-state index in [-0.39, 0.29) is 10.7 Å². The first-order chi connectivity index (χ1) is 14.3. The molecule has 0 bridgehead atoms. The van der Waals surface area contributed by atoms with Crippen molar-refractivity contribution in [2.45, 2.75) is 31.1 Å². The van der Waals surface area contributed by atoms with Crippen molar-refractivity contribution in [3.63, 3.8) is 0 Å². The fraction of sp³-hybridized carbons (Fsp3) is 0.211. The van der Waals surface area contributed by atoms with E-state index < -0.39 is 21.7 Å². The first kappa shape index (κ1) is 20.2. The molecule has 0 saturated carbocycles. The number of furan rings is 1. The first-order valence-electron chi connectivity index (χ1n) is 9.02. The summed E-state index contributed by atoms with van der Waals surface area (Å²) in [6.45, 7) is 1.73. The van der Waals surface area contributed by atoms with Crippen LogP contribution in [0.3, 0.4) is 0 Å². The Morgan fingerprint density at radius 2 is 2.03 bits per heavy atom. The average molecular weight is 449 g/mol. The molecule has 4 rings (SSSR count). The predicted molar refractivity (Wildman–Crippen MR) is 110 cm³/mol. The molecule has 0 saturated heterocycles. The van der Waals surface area contributed by atoms with Crippen LogP contribution in [0.5, 0.6) is 0 Å². The Kier molecular flexibility index (Phi) is 5.39. The summed E-state index contributed by atoms with van der Waals surface area (Å²) in [6.07, 6.45) is 3.42. The highest BCUT2D eigenvalue weighted by Gasteiger charge is 2.28. The molecule has 0 unspecified atom stereocenters. The molecule has 8 nitrogen and oxygen atoms in total. The van der Waals surface area contributed by atoms with Gasteiger partial charge in [0.15, 0.2) is 10.9 Å². The Labute approximate surface area is 175 Å². The lowest BCUT2D eigenvalue weighted by atomic mass is 9.93. The summed E-state index contributed by atoms with van der Waals surface area (Å²) in [4.78, 5) is 18.7. The van der Waals surface area contributed by atoms with Crippen molar-refractivity contribution in [3.05, 3.63) is 64.3 Å². The smallest absolute Gasteiger partial charge is 0.293 e. The Morgan fingerprint density at radius 3 is 2.73 bits per heavy atom. The third kappa shape index (κ3) is 3.98. The van der Waals surface area contributed by atoms with Crippen LogP contribution >= 0.6 is 11.3 Å². The number of nitrogens with zero attached hydrogens (tertiary/aromatic N) is 2. The van der Waals surface area contributed by atoms with Gasteiger partial charge in [-0.3, -0.25) is 10.1 Å². The number of fused-ring (bicyclic) bond motifs is 1. The summed E-state index contributed by atoms with van der Waals surface area (Å²) in [5.74, 6) is -0.230. The van der Waals surface area contributed by atoms with Gasteiger partial charge >= 0.3 is 0 Å². The molecule has 1 aliphatic rings. The SMILES string of the molecule is Cc1c(C(=O)Nc2nccs2)oc2c1/C(=N/NS(=O)(=O)c1ccc(F)cc1)CCC2. The molecule has 1 amide bonds. The van der Waals surface area contributed by atoms with Crippen molar-refractivity contribution < 1.29 is 22.0 Å². The van der Waals surface area contributed by atoms with Crippen LogP contribution in [0.15, 0.2) is 50.3 Å². The first-order valence-corrected chi connectivity index (χ1v) is 11.4. The topological polar surface area (TPSA) is 114 Å². The van der Waals surface area contributed by atoms with Gasteiger partial charge in [-0.2, -0.15) is 18.4 Å². The number of hydrogen-bond donors (Lipinski definition) is 2. The summed E-state index contributed by atoms with van der Waals surface area (Å²) < 4.78 is 43.7. The second-order valence-corrected chi connectivity index (χ2v) is 9.16. The summed E-state index contributed by atoms with van der Waals surface area (Å²) >= 11 is 1.29. The molecule has 2 heterocycles. The normalized spacial score (nSPS) is 15.1. The molecule has 0 fully saturated rings. The van der Waals surface area contributed by atoms with Crippen LogP contribution in [-0.4, -0.2) is 25.0 Å². The molecule has 11 heteroatoms. The van der Waals surface area contributed by atoms with E-state index in [0.717, 1.165) is 24.3 Å². The summed E-state index contributed by atoms with van der Waals surface area (Å²) in [5.41, 5.74) is 1.70. The van der Waals surface area contributed by atoms with Crippen molar-refractivity contribution in [2.75, 3.05) is 5.32 Å². The number of aromatic nitrogens is 1. The standard InChI is InChI=1S/C19H17FN4O4S2/c1-11-16-14(23-24-30(26,27)13-7-5-12(20)6-8-13)3-2-4-15(16)28-17(11)18(25)22-19-21-9-10-29-19/h5-10,24H,2-4H2,1H3,(H,21,22,25)/b23-14+. The van der Waals surface area contributed by atoms with Gasteiger partial charge in [0, 0.05) is 29.1 Å². The maximum atomic E-state index is 13.1. The number of hydrogen-bond acceptors (Lipinski definition) is 7. The Hall–Kier alpha value is -3.05. The summed E-state index contributed by atoms with van der Waals surface area (Å²) in [7, 11) is -3.96. The van der Waals surface area contributed by atoms with Crippen LogP contribution in [-0.2, 0) is 16.4 Å². The van der Waals surface area contributed by atoms with Gasteiger partial charge in [-0.05, 0) is 44.0 Å². The van der Waals surface area contributed by atoms with Crippen molar-refractivity contribution >= 4 is 38.1 Å². The van der Waals surface area contributed by atoms with Gasteiger partial charge < -0.3 is 4.42 Å². The van der Waals surface area contributed by atoms with E-state index in [1.165, 1.54) is 11.3 Å². The molecule has 2 aromatic heterocycles. The van der Waals surface area contributed by atoms with E-state index in [0.29, 0.717) is 47.0 Å². The molecule has 2 N–H and O–H groups in total. The highest BCUT2D eigenvalue weighted by Crippen LogP contribution is 2.30. The number of nitrogens with one attached hydrogen (secondary N) is 2. The molecule has 1 aromatic carbocycles. The van der Waals surface area contributed by atoms with Crippen LogP contribution in [0.25, 0.3) is 0 Å². The third-order valence-corrected chi connectivity index (χ3v) is 6.52. The van der Waals surface area contributed by atoms with E-state index in [2.05, 4.69) is 20.2 Å². The molecule has 0 spiro atoms. The Balaban J connectivity index is 1.61. The largest absolute Gasteiger partial charge is 0.455 e. The lowest BCUT2D eigenvalue weighted by molar-refractivity contribution is 0.0994. The number of aryl methyl sites for hydroxylation is 1. The lowest BCUT2D eigenvalue weighted by Gasteiger charge is -2.14. The maximum absolute atomic E-state index is 13.1. The van der Waals surface area contributed by atoms with E-state index in [9.17, 15) is 17.6 Å². The van der Waals surface area contributed by atoms with Crippen molar-refractivity contribution in [2.24, 2.45) is 5.10 Å². The number of carbonyl (C=O) groups excluding carboxylic acids is 1. The number of thiazole rings is 1. The lowest BCUT2D eigenvalue weighted by Crippen LogP contribution is -2.22. The van der Waals surface area contributed by atoms with E-state index >= 15 is 0 Å². The molecule has 1 aliphatic carbocycles. The summed E-state index contributed by atoms with van der Waals surface area (Å²) in [6, 6.07) is 4.45. The highest BCUT2D eigenvalue weighted by atomic mass is 32.2. The molecule has 0 aliphatic heterocycles. The van der Waals surface area contributed by atoms with Crippen LogP contribution in [0.2, 0.25) is 0 Å². The Bertz CT molecular complexity index is 1220. The van der Waals surface area contributed by atoms with Crippen molar-refractivity contribution in [1.82, 2.24) is 9.82 Å². The Morgan fingerprint density at radius 1 is 1.27 bits per heavy atom. The van der Waals surface area contributed by atoms with Gasteiger partial charge in [-0.1, -0.05) is 0 Å². The van der Waals surface area contributed by atoms with Gasteiger partial charge in [0.2, 0.25) is 0 Å². The van der Waals surface area contributed by atoms with Gasteiger partial charge in [0.05, 0.1) is 10.6 Å². The second-order valence-electron chi connectivity index (χ2n) is 6.61. The molecule has 0 radical (unpaired) electrons. The minimum absolute atomic E-state index is 0.100. The van der Waals surface area contributed by atoms with Crippen LogP contribution in [0.4, 0.5) is 9.52 Å². The average Bonchev–Trinajstić information content (AvgIpc) is 3.35. The van der Waals surface area contributed by atoms with Crippen molar-refractivity contribution in [3.8, 4) is 0 Å². The van der Waals surface area contributed by atoms with Gasteiger partial charge in [-0.15, -0.1) is 11.3 Å². The monoisotopic (exact) mass is 448 g/mol. The molecule has 30 heavy (non-hydrogen) atoms. The molecule has 3 aromatic rings. The van der Waals surface area contributed by atoms with E-state index in [1.807, 2.05) is 0 Å². The van der Waals surface area contributed by atoms with Gasteiger partial charge in [0.1, 0.15) is 11.6 Å². The molecule has 156 valence electrons. The molecular weight excluding hydrogens is 431 g/mol. The van der Waals surface area contributed by atoms with Gasteiger partial charge in [0.25, 0.3) is 15.9 Å². The number of carbonyl (C=O) groups is 1. The number of rotatable bonds is 5. The van der Waals surface area contributed by atoms with Crippen LogP contribution < -0.4 is 10.1 Å². The highest BCUT2D eigenvalue weighted by molar-refractivity contribution is 7.89. The number of benzene rings is 1. The quantitative estimate of drug-likeness (QED) is 0.581. The fourth-order valence-electron chi connectivity index (χ4n) is 3.22. The third-order valence-electron chi connectivity index (χ3n) is 4.61. The second kappa shape index (κ2) is 8.00. The van der Waals surface area contributed by atoms with Crippen molar-refractivity contribution in [1.29, 1.82) is 0 Å². The van der Waals surface area contributed by atoms with E-state index in [4.69, 9.17) is 4.42 Å². The minimum Gasteiger partial charge on any atom is -0.455 e. The zero-order chi connectivity index (χ0) is 21.3. The number of anilines is 1. The number of hydrazone groups is 1. The zero-order valence-corrected chi connectivity index (χ0v) is 17.4. The number of sulfonamides is 1. The minimum atomic E-state index is -3.96. The molecular formula is C19H17FN4O4S2.